The Morgan fingerprint density at radius 2 is 2.05 bits per heavy atom. The highest BCUT2D eigenvalue weighted by Gasteiger charge is 2.23. The minimum atomic E-state index is -3.84. The summed E-state index contributed by atoms with van der Waals surface area (Å²) >= 11 is 0. The molecule has 0 bridgehead atoms. The Labute approximate surface area is 117 Å². The van der Waals surface area contributed by atoms with Gasteiger partial charge in [0.2, 0.25) is 10.0 Å². The molecule has 0 unspecified atom stereocenters. The maximum absolute atomic E-state index is 13.7. The normalized spacial score (nSPS) is 11.2. The van der Waals surface area contributed by atoms with Crippen molar-refractivity contribution in [1.82, 2.24) is 4.31 Å². The largest absolute Gasteiger partial charge is 0.395 e. The average molecular weight is 301 g/mol. The third kappa shape index (κ3) is 3.77. The van der Waals surface area contributed by atoms with E-state index in [4.69, 9.17) is 10.2 Å². The van der Waals surface area contributed by atoms with Crippen LogP contribution in [-0.4, -0.2) is 49.2 Å². The van der Waals surface area contributed by atoms with Crippen molar-refractivity contribution >= 4 is 10.0 Å². The quantitative estimate of drug-likeness (QED) is 0.760. The van der Waals surface area contributed by atoms with Crippen molar-refractivity contribution in [2.45, 2.75) is 11.8 Å². The molecule has 0 aliphatic carbocycles. The fourth-order valence-corrected chi connectivity index (χ4v) is 3.05. The summed E-state index contributed by atoms with van der Waals surface area (Å²) in [6.07, 6.45) is 0. The van der Waals surface area contributed by atoms with E-state index in [0.29, 0.717) is 0 Å². The van der Waals surface area contributed by atoms with E-state index in [1.807, 2.05) is 0 Å². The maximum atomic E-state index is 13.7. The highest BCUT2D eigenvalue weighted by Crippen LogP contribution is 2.18. The van der Waals surface area contributed by atoms with Crippen LogP contribution in [0, 0.1) is 17.7 Å². The zero-order chi connectivity index (χ0) is 15.2. The van der Waals surface area contributed by atoms with Gasteiger partial charge in [-0.3, -0.25) is 0 Å². The molecule has 0 atom stereocenters. The molecule has 0 fully saturated rings. The summed E-state index contributed by atoms with van der Waals surface area (Å²) < 4.78 is 39.2. The third-order valence-corrected chi connectivity index (χ3v) is 4.55. The lowest BCUT2D eigenvalue weighted by molar-refractivity contribution is 0.257. The number of hydrogen-bond acceptors (Lipinski definition) is 4. The van der Waals surface area contributed by atoms with Crippen LogP contribution in [0.4, 0.5) is 4.39 Å². The van der Waals surface area contributed by atoms with Crippen LogP contribution in [0.5, 0.6) is 0 Å². The standard InChI is InChI=1S/C13H16FNO4S/c1-2-15(7-9-17)20(18,19)12-6-5-11(4-3-8-16)13(14)10-12/h5-6,10,16-17H,2,7-9H2,1H3. The zero-order valence-corrected chi connectivity index (χ0v) is 11.8. The van der Waals surface area contributed by atoms with Gasteiger partial charge in [0, 0.05) is 13.1 Å². The molecule has 20 heavy (non-hydrogen) atoms. The molecule has 1 rings (SSSR count). The monoisotopic (exact) mass is 301 g/mol. The van der Waals surface area contributed by atoms with E-state index in [2.05, 4.69) is 11.8 Å². The van der Waals surface area contributed by atoms with Crippen LogP contribution < -0.4 is 0 Å². The molecular formula is C13H16FNO4S. The average Bonchev–Trinajstić information content (AvgIpc) is 2.43. The first-order chi connectivity index (χ1) is 9.47. The van der Waals surface area contributed by atoms with Crippen molar-refractivity contribution in [1.29, 1.82) is 0 Å². The van der Waals surface area contributed by atoms with Gasteiger partial charge in [-0.1, -0.05) is 18.8 Å². The van der Waals surface area contributed by atoms with Crippen molar-refractivity contribution in [3.05, 3.63) is 29.6 Å². The van der Waals surface area contributed by atoms with E-state index in [9.17, 15) is 12.8 Å². The molecule has 0 amide bonds. The van der Waals surface area contributed by atoms with Gasteiger partial charge in [0.1, 0.15) is 12.4 Å². The van der Waals surface area contributed by atoms with Crippen molar-refractivity contribution in [3.8, 4) is 11.8 Å². The number of aliphatic hydroxyl groups is 2. The summed E-state index contributed by atoms with van der Waals surface area (Å²) in [6, 6.07) is 3.38. The molecule has 0 heterocycles. The smallest absolute Gasteiger partial charge is 0.243 e. The number of likely N-dealkylation sites (N-methyl/N-ethyl adjacent to an activating group) is 1. The van der Waals surface area contributed by atoms with Gasteiger partial charge in [-0.05, 0) is 18.2 Å². The van der Waals surface area contributed by atoms with Crippen LogP contribution in [0.25, 0.3) is 0 Å². The van der Waals surface area contributed by atoms with E-state index < -0.39 is 22.4 Å². The van der Waals surface area contributed by atoms with Crippen molar-refractivity contribution in [2.24, 2.45) is 0 Å². The van der Waals surface area contributed by atoms with Gasteiger partial charge >= 0.3 is 0 Å². The summed E-state index contributed by atoms with van der Waals surface area (Å²) in [5, 5.41) is 17.4. The van der Waals surface area contributed by atoms with Crippen molar-refractivity contribution in [2.75, 3.05) is 26.3 Å². The van der Waals surface area contributed by atoms with Gasteiger partial charge < -0.3 is 10.2 Å². The van der Waals surface area contributed by atoms with E-state index >= 15 is 0 Å². The number of aliphatic hydroxyl groups excluding tert-OH is 2. The lowest BCUT2D eigenvalue weighted by Crippen LogP contribution is -2.33. The van der Waals surface area contributed by atoms with Gasteiger partial charge in [0.25, 0.3) is 0 Å². The van der Waals surface area contributed by atoms with Gasteiger partial charge in [-0.25, -0.2) is 12.8 Å². The Morgan fingerprint density at radius 3 is 2.55 bits per heavy atom. The van der Waals surface area contributed by atoms with Crippen LogP contribution in [0.1, 0.15) is 12.5 Å². The Morgan fingerprint density at radius 1 is 1.35 bits per heavy atom. The molecule has 0 spiro atoms. The number of benzene rings is 1. The predicted molar refractivity (Wildman–Crippen MR) is 71.9 cm³/mol. The minimum Gasteiger partial charge on any atom is -0.395 e. The third-order valence-electron chi connectivity index (χ3n) is 2.58. The van der Waals surface area contributed by atoms with Crippen LogP contribution in [-0.2, 0) is 10.0 Å². The fraction of sp³-hybridized carbons (Fsp3) is 0.385. The summed E-state index contributed by atoms with van der Waals surface area (Å²) in [5.41, 5.74) is 0.0169. The lowest BCUT2D eigenvalue weighted by atomic mass is 10.2. The first-order valence-electron chi connectivity index (χ1n) is 5.97. The van der Waals surface area contributed by atoms with Gasteiger partial charge in [-0.2, -0.15) is 4.31 Å². The molecule has 0 saturated carbocycles. The number of halogens is 1. The fourth-order valence-electron chi connectivity index (χ4n) is 1.60. The molecular weight excluding hydrogens is 285 g/mol. The molecule has 110 valence electrons. The highest BCUT2D eigenvalue weighted by atomic mass is 32.2. The molecule has 1 aromatic carbocycles. The Balaban J connectivity index is 3.17. The molecule has 1 aromatic rings. The summed E-state index contributed by atoms with van der Waals surface area (Å²) in [5.74, 6) is 3.91. The van der Waals surface area contributed by atoms with E-state index in [1.165, 1.54) is 12.1 Å². The molecule has 0 radical (unpaired) electrons. The van der Waals surface area contributed by atoms with Crippen LogP contribution in [0.15, 0.2) is 23.1 Å². The first kappa shape index (κ1) is 16.6. The lowest BCUT2D eigenvalue weighted by Gasteiger charge is -2.19. The molecule has 0 aliphatic heterocycles. The van der Waals surface area contributed by atoms with Crippen LogP contribution in [0.3, 0.4) is 0 Å². The van der Waals surface area contributed by atoms with E-state index in [0.717, 1.165) is 10.4 Å². The number of hydrogen-bond donors (Lipinski definition) is 2. The number of nitrogens with zero attached hydrogens (tertiary/aromatic N) is 1. The topological polar surface area (TPSA) is 77.8 Å². The summed E-state index contributed by atoms with van der Waals surface area (Å²) in [6.45, 7) is 1.04. The zero-order valence-electron chi connectivity index (χ0n) is 11.0. The number of sulfonamides is 1. The van der Waals surface area contributed by atoms with Gasteiger partial charge in [0.05, 0.1) is 17.1 Å². The maximum Gasteiger partial charge on any atom is 0.243 e. The first-order valence-corrected chi connectivity index (χ1v) is 7.41. The molecule has 7 heteroatoms. The Hall–Kier alpha value is -1.46. The predicted octanol–water partition coefficient (Wildman–Crippen LogP) is 0.172. The molecule has 0 aliphatic rings. The molecule has 5 nitrogen and oxygen atoms in total. The molecule has 0 saturated heterocycles. The van der Waals surface area contributed by atoms with E-state index in [1.54, 1.807) is 6.92 Å². The Bertz CT molecular complexity index is 619. The molecule has 2 N–H and O–H groups in total. The second-order valence-electron chi connectivity index (χ2n) is 3.82. The minimum absolute atomic E-state index is 0.0169. The van der Waals surface area contributed by atoms with Gasteiger partial charge in [0.15, 0.2) is 0 Å². The summed E-state index contributed by atoms with van der Waals surface area (Å²) in [7, 11) is -3.84. The second-order valence-corrected chi connectivity index (χ2v) is 5.76. The number of rotatable bonds is 5. The Kier molecular flexibility index (Phi) is 6.10. The highest BCUT2D eigenvalue weighted by molar-refractivity contribution is 7.89. The van der Waals surface area contributed by atoms with Crippen molar-refractivity contribution < 1.29 is 23.0 Å². The SMILES string of the molecule is CCN(CCO)S(=O)(=O)c1ccc(C#CCO)c(F)c1. The van der Waals surface area contributed by atoms with Crippen LogP contribution in [0.2, 0.25) is 0 Å². The van der Waals surface area contributed by atoms with Crippen molar-refractivity contribution in [3.63, 3.8) is 0 Å². The summed E-state index contributed by atoms with van der Waals surface area (Å²) in [4.78, 5) is -0.195. The van der Waals surface area contributed by atoms with Crippen LogP contribution >= 0.6 is 0 Å². The second kappa shape index (κ2) is 7.36. The van der Waals surface area contributed by atoms with E-state index in [-0.39, 0.29) is 30.2 Å². The molecule has 0 aromatic heterocycles. The van der Waals surface area contributed by atoms with Gasteiger partial charge in [-0.15, -0.1) is 0 Å².